The standard InChI is InChI=1S/C13H11NO5.ClH/c1-2-14-5-8(13(16)17)12(15)7-3-10-11(4-9(7)14)19-6-18-10;/h3-5H,2,6H2,1H3,(H,16,17);1H. The van der Waals surface area contributed by atoms with Crippen molar-refractivity contribution in [3.8, 4) is 11.5 Å². The Morgan fingerprint density at radius 1 is 1.35 bits per heavy atom. The average Bonchev–Trinajstić information content (AvgIpc) is 2.84. The van der Waals surface area contributed by atoms with E-state index in [1.807, 2.05) is 6.92 Å². The van der Waals surface area contributed by atoms with Gasteiger partial charge in [-0.15, -0.1) is 12.4 Å². The molecule has 6 nitrogen and oxygen atoms in total. The Morgan fingerprint density at radius 3 is 2.60 bits per heavy atom. The molecule has 0 unspecified atom stereocenters. The molecule has 0 saturated heterocycles. The van der Waals surface area contributed by atoms with Gasteiger partial charge in [-0.3, -0.25) is 4.79 Å². The fourth-order valence-corrected chi connectivity index (χ4v) is 2.19. The summed E-state index contributed by atoms with van der Waals surface area (Å²) in [6.07, 6.45) is 1.36. The first-order valence-corrected chi connectivity index (χ1v) is 5.82. The number of carboxylic acid groups (broad SMARTS) is 1. The predicted molar refractivity (Wildman–Crippen MR) is 74.2 cm³/mol. The number of aromatic nitrogens is 1. The number of carbonyl (C=O) groups is 1. The molecule has 0 saturated carbocycles. The minimum absolute atomic E-state index is 0. The number of pyridine rings is 1. The van der Waals surface area contributed by atoms with Crippen molar-refractivity contribution in [3.63, 3.8) is 0 Å². The molecule has 0 spiro atoms. The van der Waals surface area contributed by atoms with Crippen LogP contribution in [-0.4, -0.2) is 22.4 Å². The lowest BCUT2D eigenvalue weighted by atomic mass is 10.1. The summed E-state index contributed by atoms with van der Waals surface area (Å²) < 4.78 is 12.2. The van der Waals surface area contributed by atoms with E-state index in [-0.39, 0.29) is 24.8 Å². The molecule has 0 atom stereocenters. The Labute approximate surface area is 119 Å². The number of nitrogens with zero attached hydrogens (tertiary/aromatic N) is 1. The molecule has 1 aromatic carbocycles. The van der Waals surface area contributed by atoms with Crippen LogP contribution in [0, 0.1) is 0 Å². The summed E-state index contributed by atoms with van der Waals surface area (Å²) in [5.74, 6) is -0.196. The fourth-order valence-electron chi connectivity index (χ4n) is 2.19. The second-order valence-corrected chi connectivity index (χ2v) is 4.19. The molecule has 7 heteroatoms. The van der Waals surface area contributed by atoms with Crippen LogP contribution in [-0.2, 0) is 6.54 Å². The van der Waals surface area contributed by atoms with Gasteiger partial charge >= 0.3 is 5.97 Å². The van der Waals surface area contributed by atoms with Crippen molar-refractivity contribution < 1.29 is 19.4 Å². The van der Waals surface area contributed by atoms with Gasteiger partial charge in [0, 0.05) is 18.8 Å². The van der Waals surface area contributed by atoms with E-state index in [2.05, 4.69) is 0 Å². The van der Waals surface area contributed by atoms with Crippen LogP contribution in [0.15, 0.2) is 23.1 Å². The van der Waals surface area contributed by atoms with Gasteiger partial charge in [0.1, 0.15) is 5.56 Å². The van der Waals surface area contributed by atoms with Gasteiger partial charge in [0.2, 0.25) is 12.2 Å². The van der Waals surface area contributed by atoms with Crippen molar-refractivity contribution >= 4 is 29.3 Å². The Morgan fingerprint density at radius 2 is 2.00 bits per heavy atom. The Bertz CT molecular complexity index is 752. The first kappa shape index (κ1) is 14.2. The van der Waals surface area contributed by atoms with Gasteiger partial charge in [0.15, 0.2) is 11.5 Å². The zero-order valence-electron chi connectivity index (χ0n) is 10.6. The smallest absolute Gasteiger partial charge is 0.341 e. The van der Waals surface area contributed by atoms with E-state index in [1.54, 1.807) is 16.7 Å². The SMILES string of the molecule is CCn1cc(C(=O)O)c(=O)c2cc3c(cc21)OCO3.Cl. The molecule has 106 valence electrons. The number of halogens is 1. The third kappa shape index (κ3) is 1.98. The largest absolute Gasteiger partial charge is 0.477 e. The van der Waals surface area contributed by atoms with Gasteiger partial charge in [-0.1, -0.05) is 0 Å². The number of aryl methyl sites for hydroxylation is 1. The number of hydrogen-bond acceptors (Lipinski definition) is 4. The molecule has 20 heavy (non-hydrogen) atoms. The summed E-state index contributed by atoms with van der Waals surface area (Å²) in [5.41, 5.74) is -0.111. The highest BCUT2D eigenvalue weighted by Crippen LogP contribution is 2.35. The molecule has 2 heterocycles. The van der Waals surface area contributed by atoms with Gasteiger partial charge in [0.25, 0.3) is 0 Å². The van der Waals surface area contributed by atoms with Crippen molar-refractivity contribution in [3.05, 3.63) is 34.1 Å². The lowest BCUT2D eigenvalue weighted by Crippen LogP contribution is -2.18. The van der Waals surface area contributed by atoms with Gasteiger partial charge in [-0.2, -0.15) is 0 Å². The number of carboxylic acids is 1. The van der Waals surface area contributed by atoms with Gasteiger partial charge in [-0.05, 0) is 13.0 Å². The Kier molecular flexibility index (Phi) is 3.59. The Hall–Kier alpha value is -2.21. The average molecular weight is 298 g/mol. The normalized spacial score (nSPS) is 12.2. The molecule has 1 N–H and O–H groups in total. The van der Waals surface area contributed by atoms with Crippen LogP contribution in [0.4, 0.5) is 0 Å². The van der Waals surface area contributed by atoms with Gasteiger partial charge in [0.05, 0.1) is 10.9 Å². The number of rotatable bonds is 2. The number of ether oxygens (including phenoxy) is 2. The topological polar surface area (TPSA) is 77.8 Å². The minimum Gasteiger partial charge on any atom is -0.477 e. The van der Waals surface area contributed by atoms with Gasteiger partial charge < -0.3 is 19.1 Å². The maximum atomic E-state index is 12.1. The van der Waals surface area contributed by atoms with Crippen LogP contribution in [0.1, 0.15) is 17.3 Å². The van der Waals surface area contributed by atoms with E-state index in [9.17, 15) is 9.59 Å². The predicted octanol–water partition coefficient (Wildman–Crippen LogP) is 1.87. The van der Waals surface area contributed by atoms with Crippen molar-refractivity contribution in [1.82, 2.24) is 4.57 Å². The maximum absolute atomic E-state index is 12.1. The van der Waals surface area contributed by atoms with Crippen LogP contribution in [0.5, 0.6) is 11.5 Å². The van der Waals surface area contributed by atoms with Gasteiger partial charge in [-0.25, -0.2) is 4.79 Å². The van der Waals surface area contributed by atoms with E-state index in [1.165, 1.54) is 6.20 Å². The molecular formula is C13H12ClNO5. The van der Waals surface area contributed by atoms with Crippen molar-refractivity contribution in [1.29, 1.82) is 0 Å². The van der Waals surface area contributed by atoms with Crippen LogP contribution in [0.25, 0.3) is 10.9 Å². The molecule has 1 aromatic heterocycles. The highest BCUT2D eigenvalue weighted by Gasteiger charge is 2.20. The number of hydrogen-bond donors (Lipinski definition) is 1. The molecule has 0 bridgehead atoms. The number of benzene rings is 1. The highest BCUT2D eigenvalue weighted by molar-refractivity contribution is 5.93. The van der Waals surface area contributed by atoms with E-state index in [0.717, 1.165) is 0 Å². The quantitative estimate of drug-likeness (QED) is 0.915. The minimum atomic E-state index is -1.23. The molecule has 1 aliphatic rings. The zero-order valence-corrected chi connectivity index (χ0v) is 11.4. The van der Waals surface area contributed by atoms with Crippen LogP contribution in [0.3, 0.4) is 0 Å². The summed E-state index contributed by atoms with van der Waals surface area (Å²) in [7, 11) is 0. The summed E-state index contributed by atoms with van der Waals surface area (Å²) in [4.78, 5) is 23.2. The highest BCUT2D eigenvalue weighted by atomic mass is 35.5. The monoisotopic (exact) mass is 297 g/mol. The molecule has 1 aliphatic heterocycles. The first-order valence-electron chi connectivity index (χ1n) is 5.82. The fraction of sp³-hybridized carbons (Fsp3) is 0.231. The zero-order chi connectivity index (χ0) is 13.6. The van der Waals surface area contributed by atoms with E-state index >= 15 is 0 Å². The first-order chi connectivity index (χ1) is 9.11. The maximum Gasteiger partial charge on any atom is 0.341 e. The van der Waals surface area contributed by atoms with Crippen molar-refractivity contribution in [2.24, 2.45) is 0 Å². The lowest BCUT2D eigenvalue weighted by molar-refractivity contribution is 0.0695. The van der Waals surface area contributed by atoms with E-state index in [4.69, 9.17) is 14.6 Å². The van der Waals surface area contributed by atoms with E-state index in [0.29, 0.717) is 28.9 Å². The van der Waals surface area contributed by atoms with Crippen molar-refractivity contribution in [2.75, 3.05) is 6.79 Å². The molecule has 0 fully saturated rings. The number of aromatic carboxylic acids is 1. The molecule has 2 aromatic rings. The second-order valence-electron chi connectivity index (χ2n) is 4.19. The molecule has 0 aliphatic carbocycles. The van der Waals surface area contributed by atoms with E-state index < -0.39 is 11.4 Å². The summed E-state index contributed by atoms with van der Waals surface area (Å²) in [6, 6.07) is 3.24. The van der Waals surface area contributed by atoms with Crippen LogP contribution < -0.4 is 14.9 Å². The molecular weight excluding hydrogens is 286 g/mol. The Balaban J connectivity index is 0.00000147. The molecule has 3 rings (SSSR count). The van der Waals surface area contributed by atoms with Crippen molar-refractivity contribution in [2.45, 2.75) is 13.5 Å². The van der Waals surface area contributed by atoms with Crippen LogP contribution in [0.2, 0.25) is 0 Å². The molecule has 0 amide bonds. The number of fused-ring (bicyclic) bond motifs is 2. The summed E-state index contributed by atoms with van der Waals surface area (Å²) >= 11 is 0. The third-order valence-electron chi connectivity index (χ3n) is 3.15. The lowest BCUT2D eigenvalue weighted by Gasteiger charge is -2.10. The third-order valence-corrected chi connectivity index (χ3v) is 3.15. The summed E-state index contributed by atoms with van der Waals surface area (Å²) in [6.45, 7) is 2.54. The molecule has 0 radical (unpaired) electrons. The second kappa shape index (κ2) is 5.05. The summed E-state index contributed by atoms with van der Waals surface area (Å²) in [5, 5.41) is 9.39. The van der Waals surface area contributed by atoms with Crippen LogP contribution >= 0.6 is 12.4 Å².